The second kappa shape index (κ2) is 11.6. The molecule has 2 aliphatic rings. The van der Waals surface area contributed by atoms with Crippen LogP contribution in [0, 0.1) is 0 Å². The third kappa shape index (κ3) is 5.58. The van der Waals surface area contributed by atoms with Crippen LogP contribution in [0.2, 0.25) is 10.0 Å². The minimum Gasteiger partial charge on any atom is -0.337 e. The Bertz CT molecular complexity index is 1940. The van der Waals surface area contributed by atoms with Crippen molar-refractivity contribution in [3.63, 3.8) is 0 Å². The van der Waals surface area contributed by atoms with E-state index in [0.717, 1.165) is 38.2 Å². The molecule has 2 aromatic carbocycles. The van der Waals surface area contributed by atoms with E-state index in [9.17, 15) is 18.0 Å². The van der Waals surface area contributed by atoms with Gasteiger partial charge in [0.15, 0.2) is 11.5 Å². The highest BCUT2D eigenvalue weighted by molar-refractivity contribution is 6.39. The number of fused-ring (bicyclic) bond motifs is 2. The summed E-state index contributed by atoms with van der Waals surface area (Å²) in [6, 6.07) is 15.2. The molecular formula is C31H25Cl2F3N8O. The summed E-state index contributed by atoms with van der Waals surface area (Å²) >= 11 is 13.6. The molecule has 45 heavy (non-hydrogen) atoms. The van der Waals surface area contributed by atoms with Gasteiger partial charge in [-0.1, -0.05) is 47.5 Å². The monoisotopic (exact) mass is 652 g/mol. The smallest absolute Gasteiger partial charge is 0.337 e. The SMILES string of the molecule is O=C(Nc1cccc(-c2cccc(Nc3nc(C(F)(F)F)nc4cccnc34)c2Cl)c1Cl)c1cc2n(n1)CCC[C@H]2N1CCC1. The van der Waals surface area contributed by atoms with Crippen molar-refractivity contribution in [2.75, 3.05) is 23.7 Å². The summed E-state index contributed by atoms with van der Waals surface area (Å²) in [4.78, 5) is 27.2. The van der Waals surface area contributed by atoms with Crippen LogP contribution in [0.25, 0.3) is 22.2 Å². The number of aromatic nitrogens is 5. The van der Waals surface area contributed by atoms with Gasteiger partial charge in [-0.05, 0) is 49.6 Å². The third-order valence-electron chi connectivity index (χ3n) is 8.06. The van der Waals surface area contributed by atoms with Gasteiger partial charge in [-0.25, -0.2) is 9.97 Å². The van der Waals surface area contributed by atoms with Gasteiger partial charge in [0.25, 0.3) is 5.91 Å². The Hall–Kier alpha value is -4.26. The van der Waals surface area contributed by atoms with E-state index in [1.54, 1.807) is 36.4 Å². The molecule has 1 atom stereocenters. The van der Waals surface area contributed by atoms with Crippen molar-refractivity contribution in [1.82, 2.24) is 29.6 Å². The van der Waals surface area contributed by atoms with Gasteiger partial charge in [0, 0.05) is 37.0 Å². The minimum absolute atomic E-state index is 0.0238. The zero-order valence-electron chi connectivity index (χ0n) is 23.6. The van der Waals surface area contributed by atoms with Crippen LogP contribution >= 0.6 is 23.2 Å². The molecule has 0 unspecified atom stereocenters. The van der Waals surface area contributed by atoms with Gasteiger partial charge in [0.05, 0.1) is 38.7 Å². The van der Waals surface area contributed by atoms with Crippen LogP contribution in [0.4, 0.5) is 30.4 Å². The lowest BCUT2D eigenvalue weighted by Gasteiger charge is -2.40. The van der Waals surface area contributed by atoms with Crippen LogP contribution < -0.4 is 10.6 Å². The lowest BCUT2D eigenvalue weighted by molar-refractivity contribution is -0.144. The molecule has 2 aliphatic heterocycles. The van der Waals surface area contributed by atoms with E-state index in [1.807, 2.05) is 10.7 Å². The first kappa shape index (κ1) is 29.5. The number of hydrogen-bond acceptors (Lipinski definition) is 7. The summed E-state index contributed by atoms with van der Waals surface area (Å²) in [5.41, 5.74) is 3.16. The van der Waals surface area contributed by atoms with Gasteiger partial charge >= 0.3 is 6.18 Å². The Kier molecular flexibility index (Phi) is 7.58. The molecule has 7 rings (SSSR count). The average Bonchev–Trinajstić information content (AvgIpc) is 3.44. The van der Waals surface area contributed by atoms with Crippen LogP contribution in [0.5, 0.6) is 0 Å². The standard InChI is InChI=1S/C31H25Cl2F3N8O/c32-25-17(6-1-8-19(25)38-28-27-21(10-3-12-37-27)40-30(41-28)31(34,35)36)18-7-2-9-20(26(18)33)39-29(45)22-16-24-23(43-13-5-14-43)11-4-15-44(24)42-22/h1-3,6-10,12,16,23H,4-5,11,13-15H2,(H,39,45)(H,38,40,41)/t23-/m1/s1. The Labute approximate surface area is 265 Å². The lowest BCUT2D eigenvalue weighted by Crippen LogP contribution is -2.42. The number of halogens is 5. The summed E-state index contributed by atoms with van der Waals surface area (Å²) in [6.45, 7) is 2.88. The highest BCUT2D eigenvalue weighted by Gasteiger charge is 2.36. The highest BCUT2D eigenvalue weighted by Crippen LogP contribution is 2.42. The van der Waals surface area contributed by atoms with Crippen LogP contribution in [-0.4, -0.2) is 48.6 Å². The van der Waals surface area contributed by atoms with Crippen molar-refractivity contribution in [1.29, 1.82) is 0 Å². The molecule has 1 amide bonds. The number of carbonyl (C=O) groups is 1. The fraction of sp³-hybridized carbons (Fsp3) is 0.258. The maximum absolute atomic E-state index is 13.6. The number of rotatable bonds is 6. The Balaban J connectivity index is 1.17. The minimum atomic E-state index is -4.77. The van der Waals surface area contributed by atoms with E-state index >= 15 is 0 Å². The molecule has 0 spiro atoms. The van der Waals surface area contributed by atoms with Crippen molar-refractivity contribution >= 4 is 57.3 Å². The summed E-state index contributed by atoms with van der Waals surface area (Å²) in [5.74, 6) is -1.85. The molecule has 1 saturated heterocycles. The number of hydrogen-bond donors (Lipinski definition) is 2. The predicted octanol–water partition coefficient (Wildman–Crippen LogP) is 7.75. The average molecular weight is 653 g/mol. The molecule has 230 valence electrons. The van der Waals surface area contributed by atoms with Crippen molar-refractivity contribution in [3.05, 3.63) is 88.1 Å². The molecule has 5 heterocycles. The van der Waals surface area contributed by atoms with Crippen molar-refractivity contribution in [3.8, 4) is 11.1 Å². The Morgan fingerprint density at radius 1 is 0.911 bits per heavy atom. The second-order valence-electron chi connectivity index (χ2n) is 10.9. The van der Waals surface area contributed by atoms with E-state index in [4.69, 9.17) is 23.2 Å². The van der Waals surface area contributed by atoms with Gasteiger partial charge in [-0.3, -0.25) is 19.4 Å². The highest BCUT2D eigenvalue weighted by atomic mass is 35.5. The number of alkyl halides is 3. The summed E-state index contributed by atoms with van der Waals surface area (Å²) in [7, 11) is 0. The largest absolute Gasteiger partial charge is 0.451 e. The van der Waals surface area contributed by atoms with Gasteiger partial charge in [-0.2, -0.15) is 18.3 Å². The number of pyridine rings is 1. The summed E-state index contributed by atoms with van der Waals surface area (Å²) < 4.78 is 42.6. The fourth-order valence-corrected chi connectivity index (χ4v) is 6.31. The molecule has 5 aromatic rings. The van der Waals surface area contributed by atoms with Crippen LogP contribution in [0.3, 0.4) is 0 Å². The number of aryl methyl sites for hydroxylation is 1. The van der Waals surface area contributed by atoms with Crippen LogP contribution in [0.1, 0.15) is 47.3 Å². The normalized spacial score (nSPS) is 16.7. The maximum Gasteiger partial charge on any atom is 0.451 e. The summed E-state index contributed by atoms with van der Waals surface area (Å²) in [6.07, 6.45) is -0.0962. The number of benzene rings is 2. The number of nitrogens with one attached hydrogen (secondary N) is 2. The van der Waals surface area contributed by atoms with E-state index in [0.29, 0.717) is 22.5 Å². The quantitative estimate of drug-likeness (QED) is 0.193. The summed E-state index contributed by atoms with van der Waals surface area (Å²) in [5, 5.41) is 10.8. The Morgan fingerprint density at radius 2 is 1.64 bits per heavy atom. The van der Waals surface area contributed by atoms with E-state index in [1.165, 1.54) is 24.8 Å². The van der Waals surface area contributed by atoms with Crippen LogP contribution in [-0.2, 0) is 12.7 Å². The van der Waals surface area contributed by atoms with Crippen molar-refractivity contribution < 1.29 is 18.0 Å². The number of carbonyl (C=O) groups excluding carboxylic acids is 1. The Morgan fingerprint density at radius 3 is 2.36 bits per heavy atom. The molecular weight excluding hydrogens is 628 g/mol. The van der Waals surface area contributed by atoms with Crippen LogP contribution in [0.15, 0.2) is 60.8 Å². The van der Waals surface area contributed by atoms with Gasteiger partial charge in [0.2, 0.25) is 5.82 Å². The van der Waals surface area contributed by atoms with E-state index in [-0.39, 0.29) is 44.5 Å². The molecule has 1 fully saturated rings. The molecule has 0 aliphatic carbocycles. The number of amides is 1. The third-order valence-corrected chi connectivity index (χ3v) is 8.88. The first-order chi connectivity index (χ1) is 21.7. The zero-order valence-corrected chi connectivity index (χ0v) is 25.1. The molecule has 0 saturated carbocycles. The van der Waals surface area contributed by atoms with E-state index in [2.05, 4.69) is 35.6 Å². The van der Waals surface area contributed by atoms with Crippen molar-refractivity contribution in [2.24, 2.45) is 0 Å². The van der Waals surface area contributed by atoms with Crippen molar-refractivity contribution in [2.45, 2.75) is 38.0 Å². The van der Waals surface area contributed by atoms with Gasteiger partial charge < -0.3 is 10.6 Å². The second-order valence-corrected chi connectivity index (χ2v) is 11.7. The van der Waals surface area contributed by atoms with Gasteiger partial charge in [-0.15, -0.1) is 0 Å². The molecule has 0 radical (unpaired) electrons. The molecule has 0 bridgehead atoms. The first-order valence-electron chi connectivity index (χ1n) is 14.3. The number of nitrogens with zero attached hydrogens (tertiary/aromatic N) is 6. The zero-order chi connectivity index (χ0) is 31.3. The van der Waals surface area contributed by atoms with E-state index < -0.39 is 12.0 Å². The molecule has 14 heteroatoms. The molecule has 9 nitrogen and oxygen atoms in total. The topological polar surface area (TPSA) is 101 Å². The molecule has 2 N–H and O–H groups in total. The number of anilines is 3. The maximum atomic E-state index is 13.6. The first-order valence-corrected chi connectivity index (χ1v) is 15.1. The number of likely N-dealkylation sites (tertiary alicyclic amines) is 1. The predicted molar refractivity (Wildman–Crippen MR) is 166 cm³/mol. The fourth-order valence-electron chi connectivity index (χ4n) is 5.76. The molecule has 3 aromatic heterocycles. The van der Waals surface area contributed by atoms with Gasteiger partial charge in [0.1, 0.15) is 5.52 Å². The lowest BCUT2D eigenvalue weighted by atomic mass is 9.99.